The van der Waals surface area contributed by atoms with Crippen molar-refractivity contribution in [2.75, 3.05) is 0 Å². The fourth-order valence-electron chi connectivity index (χ4n) is 2.47. The molecule has 6 heteroatoms. The Labute approximate surface area is 159 Å². The van der Waals surface area contributed by atoms with Crippen LogP contribution < -0.4 is 10.9 Å². The molecule has 6 nitrogen and oxygen atoms in total. The molecule has 0 spiro atoms. The van der Waals surface area contributed by atoms with Crippen molar-refractivity contribution in [3.63, 3.8) is 0 Å². The lowest BCUT2D eigenvalue weighted by Crippen LogP contribution is -2.35. The van der Waals surface area contributed by atoms with Gasteiger partial charge in [-0.2, -0.15) is 10.2 Å². The summed E-state index contributed by atoms with van der Waals surface area (Å²) >= 11 is 0. The Kier molecular flexibility index (Phi) is 18.3. The van der Waals surface area contributed by atoms with E-state index in [-0.39, 0.29) is 0 Å². The van der Waals surface area contributed by atoms with Gasteiger partial charge in [-0.3, -0.25) is 9.59 Å². The predicted octanol–water partition coefficient (Wildman–Crippen LogP) is 4.69. The lowest BCUT2D eigenvalue weighted by molar-refractivity contribution is -0.139. The average molecular weight is 367 g/mol. The molecule has 2 amide bonds. The SMILES string of the molecule is CCCCCCCC/C=N\NC(=O)C(=O)N/N=C/CCCCCCCC. The smallest absolute Gasteiger partial charge is 0.262 e. The molecule has 26 heavy (non-hydrogen) atoms. The minimum atomic E-state index is -0.791. The van der Waals surface area contributed by atoms with Gasteiger partial charge in [-0.05, 0) is 25.7 Å². The Hall–Kier alpha value is -1.72. The lowest BCUT2D eigenvalue weighted by atomic mass is 10.1. The number of hydrazone groups is 2. The van der Waals surface area contributed by atoms with Gasteiger partial charge in [-0.1, -0.05) is 78.1 Å². The van der Waals surface area contributed by atoms with Crippen molar-refractivity contribution in [2.45, 2.75) is 104 Å². The molecule has 0 saturated carbocycles. The number of amides is 2. The Morgan fingerprint density at radius 2 is 0.962 bits per heavy atom. The maximum absolute atomic E-state index is 11.5. The van der Waals surface area contributed by atoms with Gasteiger partial charge < -0.3 is 0 Å². The normalized spacial score (nSPS) is 11.3. The maximum Gasteiger partial charge on any atom is 0.331 e. The highest BCUT2D eigenvalue weighted by Gasteiger charge is 2.10. The number of nitrogens with zero attached hydrogens (tertiary/aromatic N) is 2. The van der Waals surface area contributed by atoms with Crippen LogP contribution in [0.3, 0.4) is 0 Å². The molecule has 0 atom stereocenters. The quantitative estimate of drug-likeness (QED) is 0.180. The first-order valence-electron chi connectivity index (χ1n) is 10.4. The van der Waals surface area contributed by atoms with Crippen LogP contribution in [0, 0.1) is 0 Å². The van der Waals surface area contributed by atoms with Crippen LogP contribution in [0.25, 0.3) is 0 Å². The minimum Gasteiger partial charge on any atom is -0.262 e. The van der Waals surface area contributed by atoms with Crippen LogP contribution in [-0.2, 0) is 9.59 Å². The molecule has 0 aromatic rings. The molecule has 0 saturated heterocycles. The minimum absolute atomic E-state index is 0.791. The van der Waals surface area contributed by atoms with Gasteiger partial charge in [0.1, 0.15) is 0 Å². The van der Waals surface area contributed by atoms with E-state index >= 15 is 0 Å². The van der Waals surface area contributed by atoms with Gasteiger partial charge in [0.25, 0.3) is 0 Å². The van der Waals surface area contributed by atoms with Crippen LogP contribution in [-0.4, -0.2) is 24.2 Å². The van der Waals surface area contributed by atoms with Crippen molar-refractivity contribution in [1.82, 2.24) is 10.9 Å². The molecule has 0 rings (SSSR count). The summed E-state index contributed by atoms with van der Waals surface area (Å²) in [6, 6.07) is 0. The summed E-state index contributed by atoms with van der Waals surface area (Å²) in [5.74, 6) is -1.58. The topological polar surface area (TPSA) is 82.9 Å². The van der Waals surface area contributed by atoms with Crippen molar-refractivity contribution >= 4 is 24.2 Å². The van der Waals surface area contributed by atoms with Gasteiger partial charge in [0, 0.05) is 12.4 Å². The zero-order valence-corrected chi connectivity index (χ0v) is 16.8. The van der Waals surface area contributed by atoms with Crippen LogP contribution in [0.5, 0.6) is 0 Å². The second-order valence-electron chi connectivity index (χ2n) is 6.62. The summed E-state index contributed by atoms with van der Waals surface area (Å²) in [5, 5.41) is 7.56. The molecule has 0 aliphatic carbocycles. The second-order valence-corrected chi connectivity index (χ2v) is 6.62. The third-order valence-electron chi connectivity index (χ3n) is 4.09. The zero-order valence-electron chi connectivity index (χ0n) is 16.8. The summed E-state index contributed by atoms with van der Waals surface area (Å²) in [6.07, 6.45) is 19.5. The number of nitrogens with one attached hydrogen (secondary N) is 2. The third kappa shape index (κ3) is 17.1. The molecular weight excluding hydrogens is 328 g/mol. The van der Waals surface area contributed by atoms with E-state index in [0.29, 0.717) is 0 Å². The summed E-state index contributed by atoms with van der Waals surface area (Å²) in [4.78, 5) is 23.0. The van der Waals surface area contributed by atoms with Crippen molar-refractivity contribution in [1.29, 1.82) is 0 Å². The van der Waals surface area contributed by atoms with Crippen LogP contribution in [0.2, 0.25) is 0 Å². The van der Waals surface area contributed by atoms with Crippen molar-refractivity contribution in [3.05, 3.63) is 0 Å². The Morgan fingerprint density at radius 1 is 0.615 bits per heavy atom. The van der Waals surface area contributed by atoms with E-state index in [9.17, 15) is 9.59 Å². The first-order valence-corrected chi connectivity index (χ1v) is 10.4. The number of unbranched alkanes of at least 4 members (excludes halogenated alkanes) is 12. The predicted molar refractivity (Wildman–Crippen MR) is 109 cm³/mol. The Morgan fingerprint density at radius 3 is 1.35 bits per heavy atom. The highest BCUT2D eigenvalue weighted by atomic mass is 16.2. The molecule has 2 N–H and O–H groups in total. The van der Waals surface area contributed by atoms with Crippen LogP contribution in [0.4, 0.5) is 0 Å². The highest BCUT2D eigenvalue weighted by molar-refractivity contribution is 6.35. The molecule has 0 aliphatic heterocycles. The van der Waals surface area contributed by atoms with E-state index < -0.39 is 11.8 Å². The summed E-state index contributed by atoms with van der Waals surface area (Å²) in [5.41, 5.74) is 4.44. The van der Waals surface area contributed by atoms with E-state index in [2.05, 4.69) is 34.9 Å². The van der Waals surface area contributed by atoms with E-state index in [1.165, 1.54) is 64.2 Å². The van der Waals surface area contributed by atoms with Gasteiger partial charge in [0.15, 0.2) is 0 Å². The Balaban J connectivity index is 3.56. The summed E-state index contributed by atoms with van der Waals surface area (Å²) in [7, 11) is 0. The lowest BCUT2D eigenvalue weighted by Gasteiger charge is -1.99. The fraction of sp³-hybridized carbons (Fsp3) is 0.800. The molecule has 0 aliphatic rings. The monoisotopic (exact) mass is 366 g/mol. The van der Waals surface area contributed by atoms with E-state index in [1.54, 1.807) is 12.4 Å². The number of hydrogen-bond donors (Lipinski definition) is 2. The molecular formula is C20H38N4O2. The number of carbonyl (C=O) groups excluding carboxylic acids is 2. The Bertz CT molecular complexity index is 371. The largest absolute Gasteiger partial charge is 0.331 e. The molecule has 0 radical (unpaired) electrons. The molecule has 0 aromatic heterocycles. The van der Waals surface area contributed by atoms with Gasteiger partial charge in [-0.25, -0.2) is 10.9 Å². The zero-order chi connectivity index (χ0) is 19.3. The fourth-order valence-corrected chi connectivity index (χ4v) is 2.47. The molecule has 0 fully saturated rings. The van der Waals surface area contributed by atoms with Gasteiger partial charge in [-0.15, -0.1) is 0 Å². The molecule has 150 valence electrons. The standard InChI is InChI=1S/C20H38N4O2/c1-3-5-7-9-11-13-15-17-21-23-19(25)20(26)24-22-18-16-14-12-10-8-6-4-2/h17-18H,3-16H2,1-2H3,(H,23,25)(H,24,26)/b21-17-,22-18+. The van der Waals surface area contributed by atoms with Gasteiger partial charge in [0.05, 0.1) is 0 Å². The number of carbonyl (C=O) groups is 2. The van der Waals surface area contributed by atoms with E-state index in [0.717, 1.165) is 25.7 Å². The van der Waals surface area contributed by atoms with Crippen molar-refractivity contribution in [3.8, 4) is 0 Å². The van der Waals surface area contributed by atoms with Crippen LogP contribution >= 0.6 is 0 Å². The number of rotatable bonds is 16. The van der Waals surface area contributed by atoms with E-state index in [4.69, 9.17) is 0 Å². The summed E-state index contributed by atoms with van der Waals surface area (Å²) in [6.45, 7) is 4.40. The van der Waals surface area contributed by atoms with Crippen molar-refractivity contribution in [2.24, 2.45) is 10.2 Å². The molecule has 0 unspecified atom stereocenters. The van der Waals surface area contributed by atoms with Crippen LogP contribution in [0.1, 0.15) is 104 Å². The first-order chi connectivity index (χ1) is 12.7. The van der Waals surface area contributed by atoms with Gasteiger partial charge >= 0.3 is 11.8 Å². The van der Waals surface area contributed by atoms with E-state index in [1.807, 2.05) is 0 Å². The second kappa shape index (κ2) is 19.6. The third-order valence-corrected chi connectivity index (χ3v) is 4.09. The average Bonchev–Trinajstić information content (AvgIpc) is 2.65. The molecule has 0 heterocycles. The summed E-state index contributed by atoms with van der Waals surface area (Å²) < 4.78 is 0. The first kappa shape index (κ1) is 24.3. The number of hydrogen-bond acceptors (Lipinski definition) is 4. The molecule has 0 bridgehead atoms. The molecule has 0 aromatic carbocycles. The highest BCUT2D eigenvalue weighted by Crippen LogP contribution is 2.06. The maximum atomic E-state index is 11.5. The van der Waals surface area contributed by atoms with Crippen molar-refractivity contribution < 1.29 is 9.59 Å². The van der Waals surface area contributed by atoms with Crippen LogP contribution in [0.15, 0.2) is 10.2 Å². The van der Waals surface area contributed by atoms with Gasteiger partial charge in [0.2, 0.25) is 0 Å².